The lowest BCUT2D eigenvalue weighted by Gasteiger charge is -2.30. The average Bonchev–Trinajstić information content (AvgIpc) is 1.86. The predicted molar refractivity (Wildman–Crippen MR) is 47.7 cm³/mol. The fourth-order valence-corrected chi connectivity index (χ4v) is 2.09. The van der Waals surface area contributed by atoms with Gasteiger partial charge in [0, 0.05) is 26.2 Å². The van der Waals surface area contributed by atoms with E-state index in [0.717, 1.165) is 13.1 Å². The Kier molecular flexibility index (Phi) is 2.86. The maximum atomic E-state index is 11.0. The molecule has 0 aliphatic carbocycles. The minimum absolute atomic E-state index is 0.613. The molecule has 11 heavy (non-hydrogen) atoms. The van der Waals surface area contributed by atoms with Crippen LogP contribution in [0.4, 0.5) is 0 Å². The fourth-order valence-electron chi connectivity index (χ4n) is 1.04. The van der Waals surface area contributed by atoms with Crippen LogP contribution in [0.5, 0.6) is 0 Å². The lowest BCUT2D eigenvalue weighted by atomic mass is 10.4. The van der Waals surface area contributed by atoms with Crippen LogP contribution < -0.4 is 0 Å². The molecule has 1 atom stereocenters. The van der Waals surface area contributed by atoms with E-state index in [-0.39, 0.29) is 0 Å². The van der Waals surface area contributed by atoms with Crippen LogP contribution in [-0.4, -0.2) is 49.8 Å². The third-order valence-electron chi connectivity index (χ3n) is 1.74. The highest BCUT2D eigenvalue weighted by Gasteiger charge is 2.20. The van der Waals surface area contributed by atoms with Gasteiger partial charge in [-0.2, -0.15) is 4.31 Å². The van der Waals surface area contributed by atoms with Gasteiger partial charge in [0.2, 0.25) is 10.0 Å². The second-order valence-corrected chi connectivity index (χ2v) is 5.41. The van der Waals surface area contributed by atoms with Crippen molar-refractivity contribution in [1.82, 2.24) is 8.98 Å². The van der Waals surface area contributed by atoms with Crippen LogP contribution in [0.2, 0.25) is 0 Å². The van der Waals surface area contributed by atoms with Crippen LogP contribution in [0, 0.1) is 0 Å². The Bertz CT molecular complexity index is 221. The Hall–Kier alpha value is 0.300. The zero-order chi connectivity index (χ0) is 8.48. The van der Waals surface area contributed by atoms with Gasteiger partial charge in [0.25, 0.3) is 0 Å². The third-order valence-corrected chi connectivity index (χ3v) is 3.56. The first-order valence-electron chi connectivity index (χ1n) is 3.45. The normalized spacial score (nSPS) is 23.8. The number of rotatable bonds is 1. The first-order chi connectivity index (χ1) is 5.00. The molecule has 0 radical (unpaired) electrons. The zero-order valence-electron chi connectivity index (χ0n) is 6.52. The molecule has 0 bridgehead atoms. The smallest absolute Gasteiger partial charge is 0.211 e. The van der Waals surface area contributed by atoms with Gasteiger partial charge in [-0.15, -0.1) is 0 Å². The van der Waals surface area contributed by atoms with E-state index >= 15 is 0 Å². The summed E-state index contributed by atoms with van der Waals surface area (Å²) in [7, 11) is -0.377. The summed E-state index contributed by atoms with van der Waals surface area (Å²) in [5.74, 6) is 0. The van der Waals surface area contributed by atoms with Gasteiger partial charge < -0.3 is 0 Å². The van der Waals surface area contributed by atoms with Gasteiger partial charge in [-0.3, -0.25) is 4.67 Å². The summed E-state index contributed by atoms with van der Waals surface area (Å²) in [5.41, 5.74) is 0. The minimum Gasteiger partial charge on any atom is -0.285 e. The van der Waals surface area contributed by atoms with Crippen LogP contribution >= 0.6 is 9.39 Å². The quantitative estimate of drug-likeness (QED) is 0.523. The van der Waals surface area contributed by atoms with Gasteiger partial charge in [-0.25, -0.2) is 8.42 Å². The van der Waals surface area contributed by atoms with Gasteiger partial charge in [0.05, 0.1) is 6.26 Å². The highest BCUT2D eigenvalue weighted by Crippen LogP contribution is 2.08. The van der Waals surface area contributed by atoms with E-state index in [1.165, 1.54) is 10.6 Å². The van der Waals surface area contributed by atoms with Gasteiger partial charge >= 0.3 is 0 Å². The summed E-state index contributed by atoms with van der Waals surface area (Å²) in [6.07, 6.45) is 1.26. The zero-order valence-corrected chi connectivity index (χ0v) is 8.50. The molecule has 1 aliphatic heterocycles. The first kappa shape index (κ1) is 9.39. The molecule has 0 spiro atoms. The number of nitrogens with zero attached hydrogens (tertiary/aromatic N) is 2. The monoisotopic (exact) mass is 196 g/mol. The molecule has 1 unspecified atom stereocenters. The van der Waals surface area contributed by atoms with E-state index in [1.54, 1.807) is 0 Å². The van der Waals surface area contributed by atoms with Gasteiger partial charge in [-0.05, 0) is 0 Å². The largest absolute Gasteiger partial charge is 0.285 e. The SMILES string of the molecule is CS(=O)(=O)N1CCN(P)CC1. The molecule has 1 aliphatic rings. The molecule has 0 saturated carbocycles. The van der Waals surface area contributed by atoms with Crippen molar-refractivity contribution in [1.29, 1.82) is 0 Å². The molecule has 1 rings (SSSR count). The van der Waals surface area contributed by atoms with Crippen molar-refractivity contribution in [3.8, 4) is 0 Å². The maximum absolute atomic E-state index is 11.0. The number of piperazine rings is 1. The van der Waals surface area contributed by atoms with Crippen molar-refractivity contribution in [3.05, 3.63) is 0 Å². The Morgan fingerprint density at radius 3 is 2.00 bits per heavy atom. The fraction of sp³-hybridized carbons (Fsp3) is 1.00. The summed E-state index contributed by atoms with van der Waals surface area (Å²) in [6.45, 7) is 2.83. The van der Waals surface area contributed by atoms with E-state index in [1.807, 2.05) is 4.67 Å². The maximum Gasteiger partial charge on any atom is 0.211 e. The van der Waals surface area contributed by atoms with Crippen molar-refractivity contribution in [2.24, 2.45) is 0 Å². The minimum atomic E-state index is -2.95. The highest BCUT2D eigenvalue weighted by molar-refractivity contribution is 7.88. The third kappa shape index (κ3) is 2.67. The van der Waals surface area contributed by atoms with Crippen LogP contribution in [0.1, 0.15) is 0 Å². The second-order valence-electron chi connectivity index (χ2n) is 2.70. The van der Waals surface area contributed by atoms with Gasteiger partial charge in [0.15, 0.2) is 0 Å². The lowest BCUT2D eigenvalue weighted by molar-refractivity contribution is 0.290. The summed E-state index contributed by atoms with van der Waals surface area (Å²) in [4.78, 5) is 0. The highest BCUT2D eigenvalue weighted by atomic mass is 32.2. The summed E-state index contributed by atoms with van der Waals surface area (Å²) in [6, 6.07) is 0. The lowest BCUT2D eigenvalue weighted by Crippen LogP contribution is -2.44. The Labute approximate surface area is 69.9 Å². The van der Waals surface area contributed by atoms with Crippen LogP contribution in [0.15, 0.2) is 0 Å². The molecule has 1 saturated heterocycles. The molecule has 0 N–H and O–H groups in total. The molecular formula is C5H13N2O2PS. The molecule has 6 heteroatoms. The number of sulfonamides is 1. The molecule has 0 amide bonds. The second kappa shape index (κ2) is 3.35. The van der Waals surface area contributed by atoms with Crippen LogP contribution in [0.25, 0.3) is 0 Å². The Morgan fingerprint density at radius 1 is 1.18 bits per heavy atom. The molecule has 0 aromatic rings. The van der Waals surface area contributed by atoms with Crippen molar-refractivity contribution in [2.45, 2.75) is 0 Å². The first-order valence-corrected chi connectivity index (χ1v) is 5.81. The van der Waals surface area contributed by atoms with E-state index in [4.69, 9.17) is 0 Å². The van der Waals surface area contributed by atoms with E-state index in [2.05, 4.69) is 9.39 Å². The van der Waals surface area contributed by atoms with Crippen molar-refractivity contribution in [3.63, 3.8) is 0 Å². The predicted octanol–water partition coefficient (Wildman–Crippen LogP) is -0.646. The molecule has 0 aromatic carbocycles. The van der Waals surface area contributed by atoms with Crippen LogP contribution in [-0.2, 0) is 10.0 Å². The average molecular weight is 196 g/mol. The Morgan fingerprint density at radius 2 is 1.64 bits per heavy atom. The van der Waals surface area contributed by atoms with Crippen LogP contribution in [0.3, 0.4) is 0 Å². The summed E-state index contributed by atoms with van der Waals surface area (Å²) in [5, 5.41) is 0. The van der Waals surface area contributed by atoms with Gasteiger partial charge in [0.1, 0.15) is 0 Å². The van der Waals surface area contributed by atoms with Crippen molar-refractivity contribution < 1.29 is 8.42 Å². The molecule has 66 valence electrons. The molecular weight excluding hydrogens is 183 g/mol. The summed E-state index contributed by atoms with van der Waals surface area (Å²) < 4.78 is 25.5. The van der Waals surface area contributed by atoms with E-state index < -0.39 is 10.0 Å². The van der Waals surface area contributed by atoms with Gasteiger partial charge in [-0.1, -0.05) is 9.39 Å². The molecule has 0 aromatic heterocycles. The standard InChI is InChI=1S/C5H13N2O2PS/c1-11(8,9)7-4-2-6(10)3-5-7/h2-5,10H2,1H3. The molecule has 1 fully saturated rings. The number of hydrogen-bond acceptors (Lipinski definition) is 3. The van der Waals surface area contributed by atoms with E-state index in [0.29, 0.717) is 13.1 Å². The molecule has 1 heterocycles. The van der Waals surface area contributed by atoms with E-state index in [9.17, 15) is 8.42 Å². The summed E-state index contributed by atoms with van der Waals surface area (Å²) >= 11 is 0. The number of hydrogen-bond donors (Lipinski definition) is 0. The Balaban J connectivity index is 2.53. The molecule has 4 nitrogen and oxygen atoms in total. The van der Waals surface area contributed by atoms with Crippen molar-refractivity contribution >= 4 is 19.4 Å². The topological polar surface area (TPSA) is 40.6 Å². The van der Waals surface area contributed by atoms with Crippen molar-refractivity contribution in [2.75, 3.05) is 32.4 Å².